The third-order valence-electron chi connectivity index (χ3n) is 6.74. The minimum Gasteiger partial charge on any atom is -0.324 e. The number of rotatable bonds is 5. The van der Waals surface area contributed by atoms with Gasteiger partial charge in [-0.1, -0.05) is 91.0 Å². The zero-order valence-electron chi connectivity index (χ0n) is 21.5. The lowest BCUT2D eigenvalue weighted by Gasteiger charge is -2.22. The van der Waals surface area contributed by atoms with Gasteiger partial charge in [0.15, 0.2) is 6.17 Å². The molecule has 0 radical (unpaired) electrons. The van der Waals surface area contributed by atoms with Crippen molar-refractivity contribution in [2.24, 2.45) is 9.98 Å². The van der Waals surface area contributed by atoms with E-state index in [4.69, 9.17) is 9.98 Å². The van der Waals surface area contributed by atoms with Gasteiger partial charge in [-0.15, -0.1) is 0 Å². The molecule has 5 heteroatoms. The smallest absolute Gasteiger partial charge is 0.169 e. The van der Waals surface area contributed by atoms with Crippen molar-refractivity contribution in [1.29, 1.82) is 10.5 Å². The first-order valence-corrected chi connectivity index (χ1v) is 12.9. The van der Waals surface area contributed by atoms with Crippen molar-refractivity contribution >= 4 is 11.7 Å². The normalized spacial score (nSPS) is 14.2. The minimum atomic E-state index is -0.378. The van der Waals surface area contributed by atoms with Gasteiger partial charge in [-0.3, -0.25) is 0 Å². The van der Waals surface area contributed by atoms with Crippen molar-refractivity contribution in [3.05, 3.63) is 155 Å². The first-order chi connectivity index (χ1) is 19.7. The highest BCUT2D eigenvalue weighted by Crippen LogP contribution is 2.30. The average Bonchev–Trinajstić information content (AvgIpc) is 3.05. The van der Waals surface area contributed by atoms with Crippen molar-refractivity contribution in [2.45, 2.75) is 6.17 Å². The fourth-order valence-electron chi connectivity index (χ4n) is 4.75. The Kier molecular flexibility index (Phi) is 6.70. The Morgan fingerprint density at radius 1 is 0.475 bits per heavy atom. The van der Waals surface area contributed by atoms with Gasteiger partial charge in [-0.2, -0.15) is 10.5 Å². The summed E-state index contributed by atoms with van der Waals surface area (Å²) < 4.78 is 0. The van der Waals surface area contributed by atoms with Gasteiger partial charge in [-0.25, -0.2) is 9.98 Å². The van der Waals surface area contributed by atoms with E-state index in [9.17, 15) is 10.5 Å². The zero-order chi connectivity index (χ0) is 27.3. The number of nitrogens with one attached hydrogen (secondary N) is 1. The van der Waals surface area contributed by atoms with Crippen LogP contribution >= 0.6 is 0 Å². The van der Waals surface area contributed by atoms with Crippen LogP contribution < -0.4 is 5.32 Å². The molecule has 1 aliphatic heterocycles. The van der Waals surface area contributed by atoms with E-state index < -0.39 is 0 Å². The SMILES string of the molecule is N#Cc1cccc(-c2cc(C#N)cc(-c3cccc(C4=NC(c5ccccc5)N=C(c5ccccc5)N4)c3)c2)c1. The first-order valence-electron chi connectivity index (χ1n) is 12.9. The van der Waals surface area contributed by atoms with Gasteiger partial charge in [0.25, 0.3) is 0 Å². The van der Waals surface area contributed by atoms with Crippen molar-refractivity contribution in [3.63, 3.8) is 0 Å². The van der Waals surface area contributed by atoms with Crippen molar-refractivity contribution in [3.8, 4) is 34.4 Å². The standard InChI is InChI=1S/C35H23N5/c36-22-24-9-7-14-28(17-24)31-18-25(23-37)19-32(21-31)29-15-8-16-30(20-29)35-39-33(26-10-3-1-4-11-26)38-34(40-35)27-12-5-2-6-13-27/h1-21,33H,(H,38,39,40). The highest BCUT2D eigenvalue weighted by Gasteiger charge is 2.20. The van der Waals surface area contributed by atoms with Gasteiger partial charge in [-0.05, 0) is 64.2 Å². The molecule has 1 N–H and O–H groups in total. The molecular formula is C35H23N5. The number of aliphatic imine (C=N–C) groups is 2. The molecule has 5 nitrogen and oxygen atoms in total. The van der Waals surface area contributed by atoms with Crippen LogP contribution in [0.2, 0.25) is 0 Å². The van der Waals surface area contributed by atoms with Crippen LogP contribution in [0.25, 0.3) is 22.3 Å². The average molecular weight is 514 g/mol. The van der Waals surface area contributed by atoms with E-state index in [0.29, 0.717) is 11.1 Å². The lowest BCUT2D eigenvalue weighted by atomic mass is 9.95. The summed E-state index contributed by atoms with van der Waals surface area (Å²) in [5.41, 5.74) is 7.67. The summed E-state index contributed by atoms with van der Waals surface area (Å²) in [6.45, 7) is 0. The van der Waals surface area contributed by atoms with Crippen LogP contribution in [0.4, 0.5) is 0 Å². The first kappa shape index (κ1) is 24.6. The predicted octanol–water partition coefficient (Wildman–Crippen LogP) is 7.26. The highest BCUT2D eigenvalue weighted by molar-refractivity contribution is 6.16. The summed E-state index contributed by atoms with van der Waals surface area (Å²) in [5.74, 6) is 1.49. The van der Waals surface area contributed by atoms with Crippen LogP contribution in [-0.4, -0.2) is 11.7 Å². The van der Waals surface area contributed by atoms with Gasteiger partial charge in [0, 0.05) is 11.1 Å². The zero-order valence-corrected chi connectivity index (χ0v) is 21.5. The van der Waals surface area contributed by atoms with Crippen LogP contribution in [0.15, 0.2) is 137 Å². The van der Waals surface area contributed by atoms with E-state index in [0.717, 1.165) is 50.6 Å². The molecule has 5 aromatic rings. The molecule has 0 saturated carbocycles. The Morgan fingerprint density at radius 2 is 0.975 bits per heavy atom. The molecule has 0 fully saturated rings. The molecule has 6 rings (SSSR count). The Bertz CT molecular complexity index is 1840. The maximum Gasteiger partial charge on any atom is 0.169 e. The fraction of sp³-hybridized carbons (Fsp3) is 0.0286. The van der Waals surface area contributed by atoms with Gasteiger partial charge in [0.2, 0.25) is 0 Å². The topological polar surface area (TPSA) is 84.3 Å². The van der Waals surface area contributed by atoms with Gasteiger partial charge < -0.3 is 5.32 Å². The summed E-state index contributed by atoms with van der Waals surface area (Å²) in [4.78, 5) is 9.91. The Balaban J connectivity index is 1.41. The lowest BCUT2D eigenvalue weighted by molar-refractivity contribution is 0.756. The van der Waals surface area contributed by atoms with Crippen LogP contribution in [0.5, 0.6) is 0 Å². The molecule has 5 aromatic carbocycles. The molecule has 0 aliphatic carbocycles. The van der Waals surface area contributed by atoms with E-state index >= 15 is 0 Å². The van der Waals surface area contributed by atoms with Gasteiger partial charge in [0.1, 0.15) is 11.7 Å². The highest BCUT2D eigenvalue weighted by atomic mass is 15.2. The van der Waals surface area contributed by atoms with E-state index in [1.807, 2.05) is 109 Å². The maximum absolute atomic E-state index is 9.77. The Hall–Kier alpha value is -5.78. The summed E-state index contributed by atoms with van der Waals surface area (Å²) >= 11 is 0. The van der Waals surface area contributed by atoms with Crippen LogP contribution in [0.1, 0.15) is 34.0 Å². The quantitative estimate of drug-likeness (QED) is 0.268. The number of nitriles is 2. The predicted molar refractivity (Wildman–Crippen MR) is 159 cm³/mol. The van der Waals surface area contributed by atoms with E-state index in [1.54, 1.807) is 6.07 Å². The molecule has 0 saturated heterocycles. The van der Waals surface area contributed by atoms with Gasteiger partial charge in [0.05, 0.1) is 23.3 Å². The van der Waals surface area contributed by atoms with Gasteiger partial charge >= 0.3 is 0 Å². The van der Waals surface area contributed by atoms with E-state index in [-0.39, 0.29) is 6.17 Å². The number of nitrogens with zero attached hydrogens (tertiary/aromatic N) is 4. The molecular weight excluding hydrogens is 490 g/mol. The second kappa shape index (κ2) is 10.9. The monoisotopic (exact) mass is 513 g/mol. The second-order valence-corrected chi connectivity index (χ2v) is 9.42. The summed E-state index contributed by atoms with van der Waals surface area (Å²) in [7, 11) is 0. The summed E-state index contributed by atoms with van der Waals surface area (Å²) in [6.07, 6.45) is -0.378. The largest absolute Gasteiger partial charge is 0.324 e. The molecule has 40 heavy (non-hydrogen) atoms. The molecule has 1 heterocycles. The molecule has 0 spiro atoms. The molecule has 1 unspecified atom stereocenters. The third kappa shape index (κ3) is 5.13. The molecule has 1 atom stereocenters. The molecule has 188 valence electrons. The fourth-order valence-corrected chi connectivity index (χ4v) is 4.75. The molecule has 0 aromatic heterocycles. The third-order valence-corrected chi connectivity index (χ3v) is 6.74. The number of hydrogen-bond donors (Lipinski definition) is 1. The minimum absolute atomic E-state index is 0.378. The van der Waals surface area contributed by atoms with E-state index in [2.05, 4.69) is 29.6 Å². The Morgan fingerprint density at radius 3 is 1.65 bits per heavy atom. The van der Waals surface area contributed by atoms with Crippen LogP contribution in [0.3, 0.4) is 0 Å². The number of hydrogen-bond acceptors (Lipinski definition) is 5. The van der Waals surface area contributed by atoms with Crippen molar-refractivity contribution in [1.82, 2.24) is 5.32 Å². The Labute approximate surface area is 233 Å². The van der Waals surface area contributed by atoms with E-state index in [1.165, 1.54) is 0 Å². The molecule has 0 amide bonds. The molecule has 0 bridgehead atoms. The van der Waals surface area contributed by atoms with Crippen LogP contribution in [-0.2, 0) is 0 Å². The summed E-state index contributed by atoms with van der Waals surface area (Å²) in [6, 6.07) is 45.9. The second-order valence-electron chi connectivity index (χ2n) is 9.42. The van der Waals surface area contributed by atoms with Crippen molar-refractivity contribution < 1.29 is 0 Å². The van der Waals surface area contributed by atoms with Crippen LogP contribution in [0, 0.1) is 22.7 Å². The molecule has 1 aliphatic rings. The lowest BCUT2D eigenvalue weighted by Crippen LogP contribution is -2.36. The maximum atomic E-state index is 9.77. The number of amidine groups is 2. The van der Waals surface area contributed by atoms with Crippen molar-refractivity contribution in [2.75, 3.05) is 0 Å². The summed E-state index contributed by atoms with van der Waals surface area (Å²) in [5, 5.41) is 22.6. The number of benzene rings is 5.